The molecule has 0 fully saturated rings. The molecule has 0 saturated heterocycles. The molecule has 21 heavy (non-hydrogen) atoms. The van der Waals surface area contributed by atoms with Crippen molar-refractivity contribution in [1.29, 1.82) is 0 Å². The second kappa shape index (κ2) is 6.00. The second-order valence-corrected chi connectivity index (χ2v) is 5.36. The predicted octanol–water partition coefficient (Wildman–Crippen LogP) is 4.21. The minimum atomic E-state index is 0.846. The van der Waals surface area contributed by atoms with Crippen LogP contribution in [0.15, 0.2) is 48.5 Å². The molecule has 1 N–H and O–H groups in total. The number of benzene rings is 2. The molecule has 0 spiro atoms. The van der Waals surface area contributed by atoms with E-state index in [2.05, 4.69) is 66.2 Å². The van der Waals surface area contributed by atoms with Crippen molar-refractivity contribution in [1.82, 2.24) is 9.55 Å². The van der Waals surface area contributed by atoms with Crippen molar-refractivity contribution in [3.8, 4) is 0 Å². The Morgan fingerprint density at radius 2 is 1.81 bits per heavy atom. The number of hydrogen-bond acceptors (Lipinski definition) is 2. The molecule has 0 unspecified atom stereocenters. The molecule has 0 saturated carbocycles. The first-order valence-electron chi connectivity index (χ1n) is 7.53. The van der Waals surface area contributed by atoms with Gasteiger partial charge in [0, 0.05) is 6.54 Å². The number of rotatable bonds is 5. The quantitative estimate of drug-likeness (QED) is 0.758. The van der Waals surface area contributed by atoms with Gasteiger partial charge < -0.3 is 9.88 Å². The number of aryl methyl sites for hydroxylation is 1. The van der Waals surface area contributed by atoms with Crippen LogP contribution < -0.4 is 5.32 Å². The fourth-order valence-corrected chi connectivity index (χ4v) is 2.57. The van der Waals surface area contributed by atoms with Gasteiger partial charge in [-0.05, 0) is 36.6 Å². The fourth-order valence-electron chi connectivity index (χ4n) is 2.57. The number of aromatic nitrogens is 2. The highest BCUT2D eigenvalue weighted by atomic mass is 15.2. The largest absolute Gasteiger partial charge is 0.356 e. The van der Waals surface area contributed by atoms with Gasteiger partial charge in [-0.15, -0.1) is 0 Å². The van der Waals surface area contributed by atoms with E-state index >= 15 is 0 Å². The summed E-state index contributed by atoms with van der Waals surface area (Å²) in [6, 6.07) is 16.8. The highest BCUT2D eigenvalue weighted by Gasteiger charge is 2.10. The maximum absolute atomic E-state index is 4.73. The van der Waals surface area contributed by atoms with Crippen molar-refractivity contribution >= 4 is 17.0 Å². The van der Waals surface area contributed by atoms with E-state index in [-0.39, 0.29) is 0 Å². The topological polar surface area (TPSA) is 29.9 Å². The lowest BCUT2D eigenvalue weighted by Crippen LogP contribution is -2.09. The van der Waals surface area contributed by atoms with Gasteiger partial charge in [0.25, 0.3) is 0 Å². The van der Waals surface area contributed by atoms with Crippen LogP contribution in [0.5, 0.6) is 0 Å². The van der Waals surface area contributed by atoms with Crippen LogP contribution >= 0.6 is 0 Å². The molecule has 3 aromatic rings. The molecule has 0 aliphatic rings. The Morgan fingerprint density at radius 3 is 2.62 bits per heavy atom. The Balaban J connectivity index is 2.04. The van der Waals surface area contributed by atoms with E-state index in [1.807, 2.05) is 6.07 Å². The van der Waals surface area contributed by atoms with Gasteiger partial charge in [0.1, 0.15) is 0 Å². The zero-order chi connectivity index (χ0) is 14.7. The van der Waals surface area contributed by atoms with E-state index in [1.54, 1.807) is 0 Å². The Hall–Kier alpha value is -2.29. The Morgan fingerprint density at radius 1 is 1.05 bits per heavy atom. The summed E-state index contributed by atoms with van der Waals surface area (Å²) in [7, 11) is 0. The predicted molar refractivity (Wildman–Crippen MR) is 88.8 cm³/mol. The molecular weight excluding hydrogens is 258 g/mol. The number of anilines is 1. The Labute approximate surface area is 125 Å². The number of imidazole rings is 1. The summed E-state index contributed by atoms with van der Waals surface area (Å²) < 4.78 is 2.27. The lowest BCUT2D eigenvalue weighted by Gasteiger charge is -2.12. The van der Waals surface area contributed by atoms with Crippen LogP contribution in [0.25, 0.3) is 11.0 Å². The van der Waals surface area contributed by atoms with Crippen molar-refractivity contribution < 1.29 is 0 Å². The first-order valence-corrected chi connectivity index (χ1v) is 7.53. The summed E-state index contributed by atoms with van der Waals surface area (Å²) in [4.78, 5) is 4.73. The van der Waals surface area contributed by atoms with Gasteiger partial charge in [0.05, 0.1) is 17.6 Å². The normalized spacial score (nSPS) is 11.0. The third-order valence-electron chi connectivity index (χ3n) is 3.78. The average molecular weight is 279 g/mol. The minimum Gasteiger partial charge on any atom is -0.356 e. The molecule has 0 aliphatic carbocycles. The molecule has 1 heterocycles. The van der Waals surface area contributed by atoms with Gasteiger partial charge >= 0.3 is 0 Å². The molecule has 1 aromatic heterocycles. The number of nitrogens with one attached hydrogen (secondary N) is 1. The first-order chi connectivity index (χ1) is 10.3. The molecule has 3 rings (SSSR count). The van der Waals surface area contributed by atoms with Crippen molar-refractivity contribution in [2.45, 2.75) is 26.8 Å². The average Bonchev–Trinajstić information content (AvgIpc) is 2.85. The Kier molecular flexibility index (Phi) is 3.91. The molecule has 3 nitrogen and oxygen atoms in total. The molecule has 3 heteroatoms. The van der Waals surface area contributed by atoms with Gasteiger partial charge in [-0.1, -0.05) is 43.3 Å². The number of hydrogen-bond donors (Lipinski definition) is 1. The molecule has 2 aromatic carbocycles. The minimum absolute atomic E-state index is 0.846. The van der Waals surface area contributed by atoms with Crippen molar-refractivity contribution in [2.24, 2.45) is 0 Å². The van der Waals surface area contributed by atoms with Crippen LogP contribution in [0.2, 0.25) is 0 Å². The highest BCUT2D eigenvalue weighted by molar-refractivity contribution is 5.78. The molecule has 0 aliphatic heterocycles. The summed E-state index contributed by atoms with van der Waals surface area (Å²) in [5, 5.41) is 3.44. The zero-order valence-electron chi connectivity index (χ0n) is 12.6. The lowest BCUT2D eigenvalue weighted by molar-refractivity contribution is 0.811. The monoisotopic (exact) mass is 279 g/mol. The lowest BCUT2D eigenvalue weighted by atomic mass is 10.1. The first kappa shape index (κ1) is 13.7. The van der Waals surface area contributed by atoms with E-state index in [4.69, 9.17) is 4.98 Å². The summed E-state index contributed by atoms with van der Waals surface area (Å²) in [6.45, 7) is 6.12. The number of para-hydroxylation sites is 2. The fraction of sp³-hybridized carbons (Fsp3) is 0.278. The summed E-state index contributed by atoms with van der Waals surface area (Å²) in [6.07, 6.45) is 1.09. The third-order valence-corrected chi connectivity index (χ3v) is 3.78. The van der Waals surface area contributed by atoms with Gasteiger partial charge in [-0.3, -0.25) is 0 Å². The van der Waals surface area contributed by atoms with E-state index in [0.717, 1.165) is 31.0 Å². The van der Waals surface area contributed by atoms with E-state index < -0.39 is 0 Å². The van der Waals surface area contributed by atoms with E-state index in [9.17, 15) is 0 Å². The molecule has 0 bridgehead atoms. The maximum Gasteiger partial charge on any atom is 0.204 e. The van der Waals surface area contributed by atoms with Crippen molar-refractivity contribution in [2.75, 3.05) is 11.9 Å². The molecule has 0 atom stereocenters. The molecular formula is C18H21N3. The standard InChI is InChI=1S/C18H21N3/c1-3-12-19-18-20-16-10-6-7-11-17(16)21(18)13-15-9-5-4-8-14(15)2/h4-11H,3,12-13H2,1-2H3,(H,19,20). The van der Waals surface area contributed by atoms with Crippen LogP contribution in [0.4, 0.5) is 5.95 Å². The highest BCUT2D eigenvalue weighted by Crippen LogP contribution is 2.22. The van der Waals surface area contributed by atoms with Gasteiger partial charge in [0.15, 0.2) is 0 Å². The maximum atomic E-state index is 4.73. The number of nitrogens with zero attached hydrogens (tertiary/aromatic N) is 2. The third kappa shape index (κ3) is 2.77. The van der Waals surface area contributed by atoms with Crippen LogP contribution in [0.3, 0.4) is 0 Å². The van der Waals surface area contributed by atoms with Gasteiger partial charge in [0.2, 0.25) is 5.95 Å². The molecule has 0 radical (unpaired) electrons. The summed E-state index contributed by atoms with van der Waals surface area (Å²) in [5.41, 5.74) is 4.88. The SMILES string of the molecule is CCCNc1nc2ccccc2n1Cc1ccccc1C. The van der Waals surface area contributed by atoms with Crippen LogP contribution in [0.1, 0.15) is 24.5 Å². The number of fused-ring (bicyclic) bond motifs is 1. The summed E-state index contributed by atoms with van der Waals surface area (Å²) in [5.74, 6) is 0.960. The van der Waals surface area contributed by atoms with Crippen molar-refractivity contribution in [3.63, 3.8) is 0 Å². The summed E-state index contributed by atoms with van der Waals surface area (Å²) >= 11 is 0. The van der Waals surface area contributed by atoms with E-state index in [1.165, 1.54) is 16.6 Å². The van der Waals surface area contributed by atoms with Crippen LogP contribution in [0, 0.1) is 6.92 Å². The second-order valence-electron chi connectivity index (χ2n) is 5.36. The Bertz CT molecular complexity index is 743. The molecule has 108 valence electrons. The van der Waals surface area contributed by atoms with E-state index in [0.29, 0.717) is 0 Å². The van der Waals surface area contributed by atoms with Crippen LogP contribution in [-0.2, 0) is 6.54 Å². The molecule has 0 amide bonds. The van der Waals surface area contributed by atoms with Gasteiger partial charge in [-0.2, -0.15) is 0 Å². The van der Waals surface area contributed by atoms with Gasteiger partial charge in [-0.25, -0.2) is 4.98 Å². The van der Waals surface area contributed by atoms with Crippen molar-refractivity contribution in [3.05, 3.63) is 59.7 Å². The zero-order valence-corrected chi connectivity index (χ0v) is 12.6. The van der Waals surface area contributed by atoms with Crippen LogP contribution in [-0.4, -0.2) is 16.1 Å². The smallest absolute Gasteiger partial charge is 0.204 e.